The highest BCUT2D eigenvalue weighted by Crippen LogP contribution is 2.31. The standard InChI is InChI=1S/C27H25ClN4O/c28-23-16-8-7-12-20(23)18-25(19-10-3-1-4-11-19)29-27(33)30-26-22-15-9-17-24(22)31-32(26)21-13-5-2-6-14-21/h1-8,10-14,16,25H,9,15,17-18H2,(H2,29,30,33). The molecule has 1 aliphatic rings. The summed E-state index contributed by atoms with van der Waals surface area (Å²) in [6.45, 7) is 0. The van der Waals surface area contributed by atoms with Gasteiger partial charge in [0.1, 0.15) is 5.82 Å². The number of carbonyl (C=O) groups excluding carboxylic acids is 1. The molecule has 3 aromatic carbocycles. The molecule has 5 rings (SSSR count). The number of aryl methyl sites for hydroxylation is 1. The van der Waals surface area contributed by atoms with Crippen LogP contribution in [-0.2, 0) is 19.3 Å². The summed E-state index contributed by atoms with van der Waals surface area (Å²) in [5, 5.41) is 11.8. The number of para-hydroxylation sites is 1. The van der Waals surface area contributed by atoms with Crippen molar-refractivity contribution in [2.24, 2.45) is 0 Å². The first-order chi connectivity index (χ1) is 16.2. The van der Waals surface area contributed by atoms with Gasteiger partial charge in [0.25, 0.3) is 0 Å². The van der Waals surface area contributed by atoms with Crippen molar-refractivity contribution in [1.82, 2.24) is 15.1 Å². The van der Waals surface area contributed by atoms with E-state index in [1.165, 1.54) is 0 Å². The van der Waals surface area contributed by atoms with Gasteiger partial charge in [0.05, 0.1) is 17.4 Å². The molecule has 5 nitrogen and oxygen atoms in total. The van der Waals surface area contributed by atoms with Gasteiger partial charge in [-0.05, 0) is 55.0 Å². The Kier molecular flexibility index (Phi) is 6.13. The molecule has 0 saturated heterocycles. The first kappa shape index (κ1) is 21.3. The van der Waals surface area contributed by atoms with Crippen LogP contribution in [0.25, 0.3) is 5.69 Å². The van der Waals surface area contributed by atoms with Crippen LogP contribution in [0.4, 0.5) is 10.6 Å². The zero-order valence-electron chi connectivity index (χ0n) is 18.2. The third-order valence-electron chi connectivity index (χ3n) is 6.03. The third-order valence-corrected chi connectivity index (χ3v) is 6.40. The van der Waals surface area contributed by atoms with Crippen LogP contribution < -0.4 is 10.6 Å². The minimum Gasteiger partial charge on any atom is -0.331 e. The summed E-state index contributed by atoms with van der Waals surface area (Å²) < 4.78 is 1.84. The van der Waals surface area contributed by atoms with E-state index in [9.17, 15) is 4.79 Å². The molecule has 6 heteroatoms. The molecule has 1 aliphatic carbocycles. The predicted octanol–water partition coefficient (Wildman–Crippen LogP) is 6.12. The Bertz CT molecular complexity index is 1250. The maximum atomic E-state index is 13.3. The van der Waals surface area contributed by atoms with Crippen molar-refractivity contribution in [2.45, 2.75) is 31.7 Å². The molecule has 1 heterocycles. The number of halogens is 1. The fraction of sp³-hybridized carbons (Fsp3) is 0.185. The van der Waals surface area contributed by atoms with E-state index in [4.69, 9.17) is 16.7 Å². The fourth-order valence-electron chi connectivity index (χ4n) is 4.40. The van der Waals surface area contributed by atoms with Crippen LogP contribution in [0.2, 0.25) is 5.02 Å². The van der Waals surface area contributed by atoms with Crippen molar-refractivity contribution >= 4 is 23.4 Å². The van der Waals surface area contributed by atoms with E-state index in [1.54, 1.807) is 0 Å². The second-order valence-electron chi connectivity index (χ2n) is 8.23. The number of urea groups is 1. The van der Waals surface area contributed by atoms with Gasteiger partial charge in [0, 0.05) is 10.6 Å². The van der Waals surface area contributed by atoms with Crippen LogP contribution in [-0.4, -0.2) is 15.8 Å². The third kappa shape index (κ3) is 4.64. The van der Waals surface area contributed by atoms with Gasteiger partial charge in [-0.15, -0.1) is 0 Å². The van der Waals surface area contributed by atoms with Crippen molar-refractivity contribution in [3.8, 4) is 5.69 Å². The van der Waals surface area contributed by atoms with E-state index in [-0.39, 0.29) is 12.1 Å². The van der Waals surface area contributed by atoms with Crippen LogP contribution in [0.1, 0.15) is 34.8 Å². The van der Waals surface area contributed by atoms with Crippen LogP contribution in [0.15, 0.2) is 84.9 Å². The Hall–Kier alpha value is -3.57. The summed E-state index contributed by atoms with van der Waals surface area (Å²) in [7, 11) is 0. The van der Waals surface area contributed by atoms with E-state index in [1.807, 2.05) is 89.6 Å². The molecule has 0 saturated carbocycles. The van der Waals surface area contributed by atoms with E-state index in [2.05, 4.69) is 10.6 Å². The maximum Gasteiger partial charge on any atom is 0.320 e. The summed E-state index contributed by atoms with van der Waals surface area (Å²) in [5.41, 5.74) is 5.12. The zero-order valence-corrected chi connectivity index (χ0v) is 18.9. The Morgan fingerprint density at radius 2 is 1.64 bits per heavy atom. The number of hydrogen-bond donors (Lipinski definition) is 2. The molecule has 1 unspecified atom stereocenters. The molecule has 2 amide bonds. The average Bonchev–Trinajstić information content (AvgIpc) is 3.44. The molecule has 4 aromatic rings. The summed E-state index contributed by atoms with van der Waals surface area (Å²) in [5.74, 6) is 0.746. The first-order valence-electron chi connectivity index (χ1n) is 11.2. The number of carbonyl (C=O) groups is 1. The van der Waals surface area contributed by atoms with Crippen molar-refractivity contribution in [3.05, 3.63) is 112 Å². The minimum absolute atomic E-state index is 0.229. The van der Waals surface area contributed by atoms with Gasteiger partial charge >= 0.3 is 6.03 Å². The van der Waals surface area contributed by atoms with Crippen molar-refractivity contribution in [2.75, 3.05) is 5.32 Å². The highest BCUT2D eigenvalue weighted by Gasteiger charge is 2.25. The van der Waals surface area contributed by atoms with Gasteiger partial charge in [0.2, 0.25) is 0 Å². The van der Waals surface area contributed by atoms with Gasteiger partial charge in [-0.2, -0.15) is 5.10 Å². The van der Waals surface area contributed by atoms with Gasteiger partial charge in [0.15, 0.2) is 0 Å². The van der Waals surface area contributed by atoms with Crippen LogP contribution >= 0.6 is 11.6 Å². The predicted molar refractivity (Wildman–Crippen MR) is 132 cm³/mol. The Labute approximate surface area is 198 Å². The second kappa shape index (κ2) is 9.51. The number of amides is 2. The molecule has 1 aromatic heterocycles. The molecule has 166 valence electrons. The largest absolute Gasteiger partial charge is 0.331 e. The summed E-state index contributed by atoms with van der Waals surface area (Å²) in [6.07, 6.45) is 3.50. The number of aromatic nitrogens is 2. The number of benzene rings is 3. The number of rotatable bonds is 6. The number of nitrogens with zero attached hydrogens (tertiary/aromatic N) is 2. The van der Waals surface area contributed by atoms with Gasteiger partial charge < -0.3 is 5.32 Å². The van der Waals surface area contributed by atoms with Gasteiger partial charge in [-0.3, -0.25) is 5.32 Å². The number of hydrogen-bond acceptors (Lipinski definition) is 2. The zero-order chi connectivity index (χ0) is 22.6. The molecule has 1 atom stereocenters. The van der Waals surface area contributed by atoms with Gasteiger partial charge in [-0.1, -0.05) is 78.3 Å². The number of nitrogens with one attached hydrogen (secondary N) is 2. The molecule has 33 heavy (non-hydrogen) atoms. The molecule has 0 bridgehead atoms. The highest BCUT2D eigenvalue weighted by molar-refractivity contribution is 6.31. The second-order valence-corrected chi connectivity index (χ2v) is 8.64. The molecule has 0 aliphatic heterocycles. The lowest BCUT2D eigenvalue weighted by Crippen LogP contribution is -2.34. The van der Waals surface area contributed by atoms with Crippen molar-refractivity contribution in [1.29, 1.82) is 0 Å². The monoisotopic (exact) mass is 456 g/mol. The van der Waals surface area contributed by atoms with E-state index in [0.717, 1.165) is 53.2 Å². The SMILES string of the molecule is O=C(Nc1c2c(nn1-c1ccccc1)CCC2)NC(Cc1ccccc1Cl)c1ccccc1. The van der Waals surface area contributed by atoms with E-state index < -0.39 is 0 Å². The Morgan fingerprint density at radius 3 is 2.39 bits per heavy atom. The number of fused-ring (bicyclic) bond motifs is 1. The Balaban J connectivity index is 1.42. The van der Waals surface area contributed by atoms with Gasteiger partial charge in [-0.25, -0.2) is 9.48 Å². The van der Waals surface area contributed by atoms with Crippen LogP contribution in [0.3, 0.4) is 0 Å². The maximum absolute atomic E-state index is 13.3. The summed E-state index contributed by atoms with van der Waals surface area (Å²) >= 11 is 6.42. The fourth-order valence-corrected chi connectivity index (χ4v) is 4.61. The lowest BCUT2D eigenvalue weighted by Gasteiger charge is -2.21. The first-order valence-corrected chi connectivity index (χ1v) is 11.6. The molecule has 0 radical (unpaired) electrons. The van der Waals surface area contributed by atoms with E-state index >= 15 is 0 Å². The molecule has 0 fully saturated rings. The smallest absolute Gasteiger partial charge is 0.320 e. The van der Waals surface area contributed by atoms with Crippen molar-refractivity contribution in [3.63, 3.8) is 0 Å². The highest BCUT2D eigenvalue weighted by atomic mass is 35.5. The average molecular weight is 457 g/mol. The molecule has 0 spiro atoms. The van der Waals surface area contributed by atoms with E-state index in [0.29, 0.717) is 11.4 Å². The summed E-state index contributed by atoms with van der Waals surface area (Å²) in [4.78, 5) is 13.3. The lowest BCUT2D eigenvalue weighted by molar-refractivity contribution is 0.248. The van der Waals surface area contributed by atoms with Crippen LogP contribution in [0, 0.1) is 0 Å². The normalized spacial score (nSPS) is 13.4. The lowest BCUT2D eigenvalue weighted by atomic mass is 9.99. The number of anilines is 1. The topological polar surface area (TPSA) is 59.0 Å². The molecular weight excluding hydrogens is 432 g/mol. The molecular formula is C27H25ClN4O. The van der Waals surface area contributed by atoms with Crippen LogP contribution in [0.5, 0.6) is 0 Å². The van der Waals surface area contributed by atoms with Crippen molar-refractivity contribution < 1.29 is 4.79 Å². The Morgan fingerprint density at radius 1 is 0.939 bits per heavy atom. The molecule has 2 N–H and O–H groups in total. The quantitative estimate of drug-likeness (QED) is 0.367. The minimum atomic E-state index is -0.261. The summed E-state index contributed by atoms with van der Waals surface area (Å²) in [6, 6.07) is 27.1.